The zero-order valence-electron chi connectivity index (χ0n) is 12.4. The number of nitrogens with zero attached hydrogens (tertiary/aromatic N) is 1. The highest BCUT2D eigenvalue weighted by atomic mass is 16.5. The van der Waals surface area contributed by atoms with Crippen molar-refractivity contribution in [3.8, 4) is 0 Å². The Kier molecular flexibility index (Phi) is 4.48. The molecule has 2 atom stereocenters. The molecule has 0 amide bonds. The van der Waals surface area contributed by atoms with Crippen LogP contribution in [0.15, 0.2) is 24.3 Å². The van der Waals surface area contributed by atoms with Gasteiger partial charge in [-0.05, 0) is 37.8 Å². The summed E-state index contributed by atoms with van der Waals surface area (Å²) < 4.78 is 5.68. The lowest BCUT2D eigenvalue weighted by molar-refractivity contribution is -0.00469. The summed E-state index contributed by atoms with van der Waals surface area (Å²) in [5.74, 6) is 0. The Labute approximate surface area is 116 Å². The van der Waals surface area contributed by atoms with E-state index < -0.39 is 0 Å². The molecule has 0 radical (unpaired) electrons. The van der Waals surface area contributed by atoms with Crippen LogP contribution in [0, 0.1) is 0 Å². The first-order valence-electron chi connectivity index (χ1n) is 7.24. The molecule has 1 heterocycles. The molecule has 2 unspecified atom stereocenters. The van der Waals surface area contributed by atoms with Crippen LogP contribution in [0.1, 0.15) is 44.7 Å². The molecule has 1 saturated heterocycles. The van der Waals surface area contributed by atoms with Gasteiger partial charge in [-0.3, -0.25) is 0 Å². The summed E-state index contributed by atoms with van der Waals surface area (Å²) in [6, 6.07) is 8.63. The maximum Gasteiger partial charge on any atom is 0.0825 e. The average molecular weight is 262 g/mol. The summed E-state index contributed by atoms with van der Waals surface area (Å²) in [7, 11) is 1.81. The summed E-state index contributed by atoms with van der Waals surface area (Å²) in [6.45, 7) is 6.36. The fourth-order valence-corrected chi connectivity index (χ4v) is 2.89. The average Bonchev–Trinajstić information content (AvgIpc) is 2.46. The van der Waals surface area contributed by atoms with Gasteiger partial charge in [-0.1, -0.05) is 25.1 Å². The fourth-order valence-electron chi connectivity index (χ4n) is 2.89. The number of hydrogen-bond donors (Lipinski definition) is 1. The van der Waals surface area contributed by atoms with Crippen LogP contribution in [0.5, 0.6) is 0 Å². The number of methoxy groups -OCH3 is 1. The minimum absolute atomic E-state index is 0.0400. The first-order valence-corrected chi connectivity index (χ1v) is 7.24. The molecule has 0 spiro atoms. The number of benzene rings is 1. The number of rotatable bonds is 4. The number of hydrogen-bond acceptors (Lipinski definition) is 3. The van der Waals surface area contributed by atoms with E-state index in [-0.39, 0.29) is 11.6 Å². The van der Waals surface area contributed by atoms with Crippen LogP contribution in [0.3, 0.4) is 0 Å². The Bertz CT molecular complexity index is 421. The van der Waals surface area contributed by atoms with Crippen molar-refractivity contribution in [1.82, 2.24) is 0 Å². The van der Waals surface area contributed by atoms with E-state index >= 15 is 0 Å². The van der Waals surface area contributed by atoms with Gasteiger partial charge in [-0.25, -0.2) is 0 Å². The van der Waals surface area contributed by atoms with Gasteiger partial charge in [-0.15, -0.1) is 0 Å². The van der Waals surface area contributed by atoms with Crippen LogP contribution >= 0.6 is 0 Å². The normalized spacial score (nSPS) is 25.4. The molecule has 3 heteroatoms. The molecule has 1 fully saturated rings. The third-order valence-electron chi connectivity index (χ3n) is 4.27. The first-order chi connectivity index (χ1) is 9.09. The molecule has 0 aromatic heterocycles. The van der Waals surface area contributed by atoms with Crippen LogP contribution in [0.4, 0.5) is 5.69 Å². The maximum absolute atomic E-state index is 6.24. The standard InChI is InChI=1S/C16H26N2O/c1-4-14(17)13-8-5-6-9-15(13)18-11-7-10-16(2,12-18)19-3/h5-6,8-9,14H,4,7,10-12,17H2,1-3H3. The summed E-state index contributed by atoms with van der Waals surface area (Å²) >= 11 is 0. The van der Waals surface area contributed by atoms with Crippen molar-refractivity contribution < 1.29 is 4.74 Å². The lowest BCUT2D eigenvalue weighted by Crippen LogP contribution is -2.47. The zero-order valence-corrected chi connectivity index (χ0v) is 12.4. The third-order valence-corrected chi connectivity index (χ3v) is 4.27. The van der Waals surface area contributed by atoms with Gasteiger partial charge in [-0.2, -0.15) is 0 Å². The highest BCUT2D eigenvalue weighted by molar-refractivity contribution is 5.55. The van der Waals surface area contributed by atoms with E-state index in [0.29, 0.717) is 0 Å². The molecular formula is C16H26N2O. The van der Waals surface area contributed by atoms with E-state index in [2.05, 4.69) is 43.0 Å². The van der Waals surface area contributed by atoms with Gasteiger partial charge in [0, 0.05) is 31.9 Å². The molecule has 1 aliphatic heterocycles. The second kappa shape index (κ2) is 5.93. The number of nitrogens with two attached hydrogens (primary N) is 1. The van der Waals surface area contributed by atoms with Gasteiger partial charge >= 0.3 is 0 Å². The molecule has 0 aliphatic carbocycles. The molecule has 2 N–H and O–H groups in total. The Morgan fingerprint density at radius 2 is 2.16 bits per heavy atom. The molecule has 2 rings (SSSR count). The number of ether oxygens (including phenoxy) is 1. The quantitative estimate of drug-likeness (QED) is 0.906. The van der Waals surface area contributed by atoms with Gasteiger partial charge in [0.15, 0.2) is 0 Å². The highest BCUT2D eigenvalue weighted by Crippen LogP contribution is 2.32. The molecule has 3 nitrogen and oxygen atoms in total. The second-order valence-electron chi connectivity index (χ2n) is 5.75. The highest BCUT2D eigenvalue weighted by Gasteiger charge is 2.31. The van der Waals surface area contributed by atoms with Crippen molar-refractivity contribution in [1.29, 1.82) is 0 Å². The lowest BCUT2D eigenvalue weighted by Gasteiger charge is -2.41. The Hall–Kier alpha value is -1.06. The van der Waals surface area contributed by atoms with Crippen molar-refractivity contribution in [3.63, 3.8) is 0 Å². The molecular weight excluding hydrogens is 236 g/mol. The van der Waals surface area contributed by atoms with E-state index in [0.717, 1.165) is 25.9 Å². The summed E-state index contributed by atoms with van der Waals surface area (Å²) in [6.07, 6.45) is 3.26. The van der Waals surface area contributed by atoms with Gasteiger partial charge in [0.2, 0.25) is 0 Å². The van der Waals surface area contributed by atoms with E-state index in [9.17, 15) is 0 Å². The maximum atomic E-state index is 6.24. The number of piperidine rings is 1. The smallest absolute Gasteiger partial charge is 0.0825 e. The SMILES string of the molecule is CCC(N)c1ccccc1N1CCCC(C)(OC)C1. The van der Waals surface area contributed by atoms with Crippen LogP contribution in [0.25, 0.3) is 0 Å². The molecule has 106 valence electrons. The number of anilines is 1. The van der Waals surface area contributed by atoms with Crippen LogP contribution in [0.2, 0.25) is 0 Å². The Morgan fingerprint density at radius 3 is 2.84 bits per heavy atom. The predicted molar refractivity (Wildman–Crippen MR) is 80.5 cm³/mol. The van der Waals surface area contributed by atoms with Gasteiger partial charge in [0.05, 0.1) is 5.60 Å². The second-order valence-corrected chi connectivity index (χ2v) is 5.75. The summed E-state index contributed by atoms with van der Waals surface area (Å²) in [4.78, 5) is 2.43. The minimum atomic E-state index is -0.0400. The molecule has 0 saturated carbocycles. The molecule has 1 aliphatic rings. The van der Waals surface area contributed by atoms with E-state index in [1.807, 2.05) is 7.11 Å². The van der Waals surface area contributed by atoms with Crippen molar-refractivity contribution >= 4 is 5.69 Å². The van der Waals surface area contributed by atoms with Crippen LogP contribution in [-0.2, 0) is 4.74 Å². The molecule has 0 bridgehead atoms. The van der Waals surface area contributed by atoms with Crippen molar-refractivity contribution in [2.45, 2.75) is 44.8 Å². The Morgan fingerprint density at radius 1 is 1.42 bits per heavy atom. The van der Waals surface area contributed by atoms with Gasteiger partial charge < -0.3 is 15.4 Å². The van der Waals surface area contributed by atoms with E-state index in [1.165, 1.54) is 17.7 Å². The molecule has 1 aromatic carbocycles. The summed E-state index contributed by atoms with van der Waals surface area (Å²) in [5.41, 5.74) is 8.74. The zero-order chi connectivity index (χ0) is 13.9. The van der Waals surface area contributed by atoms with E-state index in [1.54, 1.807) is 0 Å². The minimum Gasteiger partial charge on any atom is -0.377 e. The van der Waals surface area contributed by atoms with Gasteiger partial charge in [0.1, 0.15) is 0 Å². The summed E-state index contributed by atoms with van der Waals surface area (Å²) in [5, 5.41) is 0. The molecule has 1 aromatic rings. The largest absolute Gasteiger partial charge is 0.377 e. The topological polar surface area (TPSA) is 38.5 Å². The monoisotopic (exact) mass is 262 g/mol. The van der Waals surface area contributed by atoms with Crippen molar-refractivity contribution in [2.24, 2.45) is 5.73 Å². The fraction of sp³-hybridized carbons (Fsp3) is 0.625. The van der Waals surface area contributed by atoms with Crippen LogP contribution in [-0.4, -0.2) is 25.8 Å². The lowest BCUT2D eigenvalue weighted by atomic mass is 9.93. The third kappa shape index (κ3) is 3.10. The van der Waals surface area contributed by atoms with Gasteiger partial charge in [0.25, 0.3) is 0 Å². The van der Waals surface area contributed by atoms with E-state index in [4.69, 9.17) is 10.5 Å². The molecule has 19 heavy (non-hydrogen) atoms. The Balaban J connectivity index is 2.26. The first kappa shape index (κ1) is 14.4. The predicted octanol–water partition coefficient (Wildman–Crippen LogP) is 3.10. The van der Waals surface area contributed by atoms with Crippen LogP contribution < -0.4 is 10.6 Å². The van der Waals surface area contributed by atoms with Crippen molar-refractivity contribution in [3.05, 3.63) is 29.8 Å². The van der Waals surface area contributed by atoms with Crippen molar-refractivity contribution in [2.75, 3.05) is 25.1 Å². The number of para-hydroxylation sites is 1.